The molecule has 40 heavy (non-hydrogen) atoms. The molecule has 4 saturated carbocycles. The molecule has 4 rings (SSSR count). The summed E-state index contributed by atoms with van der Waals surface area (Å²) >= 11 is 0. The van der Waals surface area contributed by atoms with Crippen LogP contribution in [0.5, 0.6) is 0 Å². The summed E-state index contributed by atoms with van der Waals surface area (Å²) in [6.45, 7) is 31.8. The fourth-order valence-electron chi connectivity index (χ4n) is 9.83. The van der Waals surface area contributed by atoms with Crippen molar-refractivity contribution in [2.24, 2.45) is 46.3 Å². The van der Waals surface area contributed by atoms with Gasteiger partial charge in [-0.3, -0.25) is 0 Å². The van der Waals surface area contributed by atoms with Crippen LogP contribution in [0.25, 0.3) is 0 Å². The third kappa shape index (κ3) is 5.65. The molecule has 0 bridgehead atoms. The lowest BCUT2D eigenvalue weighted by Gasteiger charge is -2.64. The van der Waals surface area contributed by atoms with Crippen LogP contribution in [0.4, 0.5) is 0 Å². The van der Waals surface area contributed by atoms with Gasteiger partial charge >= 0.3 is 0 Å². The van der Waals surface area contributed by atoms with Gasteiger partial charge in [-0.25, -0.2) is 0 Å². The number of carbonyl (C=O) groups is 1. The third-order valence-corrected chi connectivity index (χ3v) is 23.4. The normalized spacial score (nSPS) is 41.6. The van der Waals surface area contributed by atoms with E-state index in [1.54, 1.807) is 0 Å². The lowest BCUT2D eigenvalue weighted by molar-refractivity contribution is -0.169. The van der Waals surface area contributed by atoms with Crippen molar-refractivity contribution in [1.29, 1.82) is 0 Å². The Morgan fingerprint density at radius 3 is 1.93 bits per heavy atom. The number of hydrogen-bond acceptors (Lipinski definition) is 3. The van der Waals surface area contributed by atoms with Gasteiger partial charge in [-0.15, -0.1) is 0 Å². The van der Waals surface area contributed by atoms with Crippen molar-refractivity contribution in [1.82, 2.24) is 0 Å². The average molecular weight is 591 g/mol. The van der Waals surface area contributed by atoms with Crippen molar-refractivity contribution in [3.63, 3.8) is 0 Å². The molecule has 0 aromatic heterocycles. The maximum Gasteiger partial charge on any atom is 0.192 e. The molecule has 0 aromatic carbocycles. The molecule has 0 amide bonds. The zero-order valence-corrected chi connectivity index (χ0v) is 30.8. The predicted molar refractivity (Wildman–Crippen MR) is 175 cm³/mol. The average Bonchev–Trinajstić information content (AvgIpc) is 3.15. The number of carbonyl (C=O) groups excluding carboxylic acids is 1. The topological polar surface area (TPSA) is 35.5 Å². The minimum absolute atomic E-state index is 0.221. The summed E-state index contributed by atoms with van der Waals surface area (Å²) in [5.41, 5.74) is 0.754. The molecule has 4 fully saturated rings. The molecule has 0 aliphatic heterocycles. The highest BCUT2D eigenvalue weighted by Crippen LogP contribution is 2.69. The van der Waals surface area contributed by atoms with Gasteiger partial charge in [0.1, 0.15) is 6.29 Å². The van der Waals surface area contributed by atoms with E-state index in [-0.39, 0.29) is 10.1 Å². The van der Waals surface area contributed by atoms with Gasteiger partial charge in [0.05, 0.1) is 0 Å². The molecule has 3 nitrogen and oxygen atoms in total. The summed E-state index contributed by atoms with van der Waals surface area (Å²) in [4.78, 5) is 11.5. The second-order valence-electron chi connectivity index (χ2n) is 18.5. The summed E-state index contributed by atoms with van der Waals surface area (Å²) in [7, 11) is -3.71. The summed E-state index contributed by atoms with van der Waals surface area (Å²) in [5, 5.41) is 0.478. The van der Waals surface area contributed by atoms with E-state index in [2.05, 4.69) is 88.5 Å². The highest BCUT2D eigenvalue weighted by atomic mass is 28.4. The zero-order valence-electron chi connectivity index (χ0n) is 28.8. The largest absolute Gasteiger partial charge is 0.414 e. The van der Waals surface area contributed by atoms with Gasteiger partial charge in [-0.05, 0) is 134 Å². The van der Waals surface area contributed by atoms with E-state index >= 15 is 0 Å². The van der Waals surface area contributed by atoms with E-state index in [0.29, 0.717) is 46.7 Å². The van der Waals surface area contributed by atoms with E-state index in [1.165, 1.54) is 57.7 Å². The van der Waals surface area contributed by atoms with Crippen LogP contribution in [-0.4, -0.2) is 35.1 Å². The molecule has 232 valence electrons. The molecule has 4 aliphatic rings. The van der Waals surface area contributed by atoms with Gasteiger partial charge in [-0.1, -0.05) is 62.3 Å². The van der Waals surface area contributed by atoms with Crippen LogP contribution < -0.4 is 0 Å². The van der Waals surface area contributed by atoms with Crippen molar-refractivity contribution in [3.8, 4) is 0 Å². The van der Waals surface area contributed by atoms with Crippen LogP contribution in [0.15, 0.2) is 0 Å². The molecular weight excluding hydrogens is 525 g/mol. The van der Waals surface area contributed by atoms with E-state index in [9.17, 15) is 4.79 Å². The Labute approximate surface area is 251 Å². The first kappa shape index (κ1) is 32.9. The fraction of sp³-hybridized carbons (Fsp3) is 0.971. The Morgan fingerprint density at radius 1 is 0.800 bits per heavy atom. The van der Waals surface area contributed by atoms with E-state index < -0.39 is 16.6 Å². The molecule has 0 spiro atoms. The molecule has 5 heteroatoms. The Kier molecular flexibility index (Phi) is 8.95. The minimum Gasteiger partial charge on any atom is -0.414 e. The standard InChI is InChI=1S/C35H66O3Si2/c1-24(18-21-36)27-14-15-28-31-29(17-20-35(27,28)9)34(8)19-16-26(37-39(10,11)32(2,3)4)22-25(34)23-30(31)38-40(12,13)33(5,6)7/h21,24-31H,14-20,22-23H2,1-13H3/t24-,25+,26?,27-,28+,29+,30?,31+,34+,35-/m1/s1. The van der Waals surface area contributed by atoms with Crippen LogP contribution >= 0.6 is 0 Å². The second kappa shape index (κ2) is 10.9. The van der Waals surface area contributed by atoms with Gasteiger partial charge in [0.25, 0.3) is 0 Å². The van der Waals surface area contributed by atoms with Gasteiger partial charge in [-0.2, -0.15) is 0 Å². The quantitative estimate of drug-likeness (QED) is 0.218. The molecule has 4 aliphatic carbocycles. The fourth-order valence-corrected chi connectivity index (χ4v) is 12.6. The minimum atomic E-state index is -1.92. The van der Waals surface area contributed by atoms with E-state index in [0.717, 1.165) is 18.3 Å². The summed E-state index contributed by atoms with van der Waals surface area (Å²) in [6, 6.07) is 0. The maximum absolute atomic E-state index is 11.5. The van der Waals surface area contributed by atoms with Gasteiger partial charge in [0.2, 0.25) is 0 Å². The summed E-state index contributed by atoms with van der Waals surface area (Å²) in [6.07, 6.45) is 13.0. The second-order valence-corrected chi connectivity index (χ2v) is 28.0. The van der Waals surface area contributed by atoms with Crippen LogP contribution in [0.1, 0.15) is 120 Å². The first-order chi connectivity index (χ1) is 18.2. The lowest BCUT2D eigenvalue weighted by atomic mass is 9.43. The van der Waals surface area contributed by atoms with Crippen LogP contribution in [0.2, 0.25) is 36.3 Å². The SMILES string of the molecule is C[C@H](CC=O)[C@H]1CC[C@H]2[C@@H]3C(O[Si](C)(C)C(C)(C)C)C[C@@H]4CC(O[Si](C)(C)C(C)(C)C)CC[C@]4(C)[C@H]3CC[C@]12C. The van der Waals surface area contributed by atoms with Crippen LogP contribution in [0, 0.1) is 46.3 Å². The smallest absolute Gasteiger partial charge is 0.192 e. The van der Waals surface area contributed by atoms with Crippen molar-refractivity contribution < 1.29 is 13.6 Å². The third-order valence-electron chi connectivity index (χ3n) is 14.4. The molecular formula is C35H66O3Si2. The first-order valence-corrected chi connectivity index (χ1v) is 22.8. The zero-order chi connectivity index (χ0) is 30.1. The Bertz CT molecular complexity index is 917. The molecule has 0 heterocycles. The number of fused-ring (bicyclic) bond motifs is 5. The maximum atomic E-state index is 11.5. The number of hydrogen-bond donors (Lipinski definition) is 0. The highest BCUT2D eigenvalue weighted by molar-refractivity contribution is 6.74. The van der Waals surface area contributed by atoms with Crippen molar-refractivity contribution in [2.75, 3.05) is 0 Å². The molecule has 10 atom stereocenters. The first-order valence-electron chi connectivity index (χ1n) is 17.0. The summed E-state index contributed by atoms with van der Waals surface area (Å²) < 4.78 is 14.6. The van der Waals surface area contributed by atoms with Gasteiger partial charge in [0, 0.05) is 18.6 Å². The summed E-state index contributed by atoms with van der Waals surface area (Å²) in [5.74, 6) is 4.03. The van der Waals surface area contributed by atoms with Gasteiger partial charge in [0.15, 0.2) is 16.6 Å². The van der Waals surface area contributed by atoms with E-state index in [4.69, 9.17) is 8.85 Å². The molecule has 0 saturated heterocycles. The van der Waals surface area contributed by atoms with Crippen LogP contribution in [-0.2, 0) is 13.6 Å². The predicted octanol–water partition coefficient (Wildman–Crippen LogP) is 10.3. The molecule has 2 unspecified atom stereocenters. The van der Waals surface area contributed by atoms with Crippen molar-refractivity contribution in [3.05, 3.63) is 0 Å². The van der Waals surface area contributed by atoms with Gasteiger partial charge < -0.3 is 13.6 Å². The Morgan fingerprint density at radius 2 is 1.35 bits per heavy atom. The number of aldehydes is 1. The van der Waals surface area contributed by atoms with Crippen LogP contribution in [0.3, 0.4) is 0 Å². The molecule has 0 radical (unpaired) electrons. The molecule has 0 aromatic rings. The Hall–Kier alpha value is 0.0238. The monoisotopic (exact) mass is 590 g/mol. The van der Waals surface area contributed by atoms with Crippen molar-refractivity contribution >= 4 is 22.9 Å². The van der Waals surface area contributed by atoms with Crippen molar-refractivity contribution in [2.45, 2.75) is 169 Å². The van der Waals surface area contributed by atoms with E-state index in [1.807, 2.05) is 0 Å². The Balaban J connectivity index is 1.66. The lowest BCUT2D eigenvalue weighted by Crippen LogP contribution is -2.61. The number of rotatable bonds is 7. The molecule has 0 N–H and O–H groups in total. The highest BCUT2D eigenvalue weighted by Gasteiger charge is 2.64.